The monoisotopic (exact) mass is 396 g/mol. The van der Waals surface area contributed by atoms with Crippen LogP contribution < -0.4 is 10.2 Å². The predicted octanol–water partition coefficient (Wildman–Crippen LogP) is 3.01. The number of rotatable bonds is 4. The molecule has 2 aliphatic rings. The molecule has 0 saturated heterocycles. The Hall–Kier alpha value is -2.80. The van der Waals surface area contributed by atoms with E-state index in [2.05, 4.69) is 5.32 Å². The molecular weight excluding hydrogens is 376 g/mol. The largest absolute Gasteiger partial charge is 0.456 e. The highest BCUT2D eigenvalue weighted by Crippen LogP contribution is 2.36. The number of ether oxygens (including phenoxy) is 1. The van der Waals surface area contributed by atoms with E-state index in [9.17, 15) is 14.4 Å². The number of anilines is 2. The maximum atomic E-state index is 12.6. The number of fused-ring (bicyclic) bond motifs is 2. The lowest BCUT2D eigenvalue weighted by Crippen LogP contribution is -2.39. The van der Waals surface area contributed by atoms with Crippen molar-refractivity contribution in [1.29, 1.82) is 0 Å². The van der Waals surface area contributed by atoms with Gasteiger partial charge in [0.05, 0.1) is 17.4 Å². The van der Waals surface area contributed by atoms with Crippen LogP contribution in [-0.4, -0.2) is 35.7 Å². The van der Waals surface area contributed by atoms with Gasteiger partial charge < -0.3 is 15.0 Å². The summed E-state index contributed by atoms with van der Waals surface area (Å²) in [4.78, 5) is 39.6. The van der Waals surface area contributed by atoms with Crippen molar-refractivity contribution in [3.8, 4) is 0 Å². The number of para-hydroxylation sites is 2. The lowest BCUT2D eigenvalue weighted by Gasteiger charge is -2.24. The van der Waals surface area contributed by atoms with E-state index < -0.39 is 11.2 Å². The number of nitrogens with zero attached hydrogens (tertiary/aromatic N) is 1. The van der Waals surface area contributed by atoms with Crippen molar-refractivity contribution in [2.24, 2.45) is 0 Å². The molecule has 2 atom stereocenters. The van der Waals surface area contributed by atoms with E-state index in [1.807, 2.05) is 55.5 Å². The van der Waals surface area contributed by atoms with Crippen LogP contribution in [0.15, 0.2) is 53.4 Å². The molecule has 0 unspecified atom stereocenters. The van der Waals surface area contributed by atoms with Crippen molar-refractivity contribution in [3.63, 3.8) is 0 Å². The van der Waals surface area contributed by atoms with Gasteiger partial charge >= 0.3 is 5.97 Å². The van der Waals surface area contributed by atoms with Gasteiger partial charge in [-0.15, -0.1) is 11.8 Å². The lowest BCUT2D eigenvalue weighted by atomic mass is 10.1. The second-order valence-electron chi connectivity index (χ2n) is 6.90. The van der Waals surface area contributed by atoms with Crippen LogP contribution >= 0.6 is 11.8 Å². The third-order valence-corrected chi connectivity index (χ3v) is 6.17. The van der Waals surface area contributed by atoms with Crippen LogP contribution in [0.25, 0.3) is 0 Å². The van der Waals surface area contributed by atoms with Gasteiger partial charge in [0.15, 0.2) is 6.61 Å². The minimum absolute atomic E-state index is 0.0276. The molecular formula is C21H20N2O4S. The second-order valence-corrected chi connectivity index (χ2v) is 8.15. The first kappa shape index (κ1) is 18.6. The van der Waals surface area contributed by atoms with E-state index in [0.717, 1.165) is 28.3 Å². The summed E-state index contributed by atoms with van der Waals surface area (Å²) >= 11 is 1.34. The molecule has 7 heteroatoms. The van der Waals surface area contributed by atoms with Gasteiger partial charge in [-0.3, -0.25) is 14.4 Å². The first-order valence-corrected chi connectivity index (χ1v) is 10.0. The van der Waals surface area contributed by atoms with Crippen molar-refractivity contribution in [2.75, 3.05) is 16.8 Å². The molecule has 0 saturated carbocycles. The molecule has 28 heavy (non-hydrogen) atoms. The van der Waals surface area contributed by atoms with Gasteiger partial charge in [-0.1, -0.05) is 30.3 Å². The summed E-state index contributed by atoms with van der Waals surface area (Å²) < 4.78 is 5.20. The van der Waals surface area contributed by atoms with Crippen LogP contribution in [0.3, 0.4) is 0 Å². The van der Waals surface area contributed by atoms with Crippen LogP contribution in [0.2, 0.25) is 0 Å². The van der Waals surface area contributed by atoms with Gasteiger partial charge in [-0.2, -0.15) is 0 Å². The number of thioether (sulfide) groups is 1. The van der Waals surface area contributed by atoms with Crippen LogP contribution in [-0.2, 0) is 25.5 Å². The van der Waals surface area contributed by atoms with Gasteiger partial charge in [0.2, 0.25) is 5.91 Å². The molecule has 2 aromatic carbocycles. The zero-order valence-electron chi connectivity index (χ0n) is 15.4. The molecule has 4 rings (SSSR count). The zero-order valence-corrected chi connectivity index (χ0v) is 16.2. The number of carbonyl (C=O) groups is 3. The Labute approximate surface area is 167 Å². The lowest BCUT2D eigenvalue weighted by molar-refractivity contribution is -0.148. The molecule has 2 aliphatic heterocycles. The third kappa shape index (κ3) is 3.62. The quantitative estimate of drug-likeness (QED) is 0.804. The number of hydrogen-bond acceptors (Lipinski definition) is 5. The van der Waals surface area contributed by atoms with E-state index in [1.165, 1.54) is 11.8 Å². The standard InChI is InChI=1S/C21H20N2O4S/c1-13-10-14-6-2-4-8-16(14)23(13)19(24)12-27-20(25)11-18-21(26)22-15-7-3-5-9-17(15)28-18/h2-9,13,18H,10-12H2,1H3,(H,22,26)/t13-,18+/m0/s1. The average molecular weight is 396 g/mol. The summed E-state index contributed by atoms with van der Waals surface area (Å²) in [6, 6.07) is 15.2. The fourth-order valence-electron chi connectivity index (χ4n) is 3.59. The Morgan fingerprint density at radius 2 is 1.93 bits per heavy atom. The highest BCUT2D eigenvalue weighted by Gasteiger charge is 2.32. The van der Waals surface area contributed by atoms with Gasteiger partial charge in [-0.05, 0) is 37.1 Å². The van der Waals surface area contributed by atoms with E-state index in [-0.39, 0.29) is 30.9 Å². The summed E-state index contributed by atoms with van der Waals surface area (Å²) in [5, 5.41) is 2.23. The fraction of sp³-hybridized carbons (Fsp3) is 0.286. The van der Waals surface area contributed by atoms with Gasteiger partial charge in [-0.25, -0.2) is 0 Å². The number of amides is 2. The van der Waals surface area contributed by atoms with Crippen LogP contribution in [0, 0.1) is 0 Å². The van der Waals surface area contributed by atoms with E-state index >= 15 is 0 Å². The van der Waals surface area contributed by atoms with Gasteiger partial charge in [0.25, 0.3) is 5.91 Å². The molecule has 2 heterocycles. The van der Waals surface area contributed by atoms with E-state index in [0.29, 0.717) is 0 Å². The van der Waals surface area contributed by atoms with Crippen LogP contribution in [0.1, 0.15) is 18.9 Å². The molecule has 6 nitrogen and oxygen atoms in total. The van der Waals surface area contributed by atoms with Crippen LogP contribution in [0.5, 0.6) is 0 Å². The van der Waals surface area contributed by atoms with Gasteiger partial charge in [0, 0.05) is 16.6 Å². The van der Waals surface area contributed by atoms with Crippen molar-refractivity contribution < 1.29 is 19.1 Å². The minimum atomic E-state index is -0.566. The summed E-state index contributed by atoms with van der Waals surface area (Å²) in [6.07, 6.45) is 0.707. The first-order valence-electron chi connectivity index (χ1n) is 9.15. The molecule has 0 fully saturated rings. The van der Waals surface area contributed by atoms with Gasteiger partial charge in [0.1, 0.15) is 0 Å². The molecule has 0 radical (unpaired) electrons. The SMILES string of the molecule is C[C@H]1Cc2ccccc2N1C(=O)COC(=O)C[C@H]1Sc2ccccc2NC1=O. The molecule has 0 aliphatic carbocycles. The van der Waals surface area contributed by atoms with Crippen molar-refractivity contribution in [2.45, 2.75) is 36.0 Å². The van der Waals surface area contributed by atoms with Crippen molar-refractivity contribution in [3.05, 3.63) is 54.1 Å². The molecule has 0 aromatic heterocycles. The van der Waals surface area contributed by atoms with Crippen LogP contribution in [0.4, 0.5) is 11.4 Å². The number of benzene rings is 2. The highest BCUT2D eigenvalue weighted by atomic mass is 32.2. The molecule has 0 spiro atoms. The Bertz CT molecular complexity index is 946. The van der Waals surface area contributed by atoms with E-state index in [1.54, 1.807) is 4.90 Å². The van der Waals surface area contributed by atoms with E-state index in [4.69, 9.17) is 4.74 Å². The maximum absolute atomic E-state index is 12.6. The summed E-state index contributed by atoms with van der Waals surface area (Å²) in [5.74, 6) is -1.04. The first-order chi connectivity index (χ1) is 13.5. The number of hydrogen-bond donors (Lipinski definition) is 1. The number of esters is 1. The Balaban J connectivity index is 1.34. The minimum Gasteiger partial charge on any atom is -0.456 e. The summed E-state index contributed by atoms with van der Waals surface area (Å²) in [6.45, 7) is 1.65. The molecule has 1 N–H and O–H groups in total. The van der Waals surface area contributed by atoms with Crippen molar-refractivity contribution >= 4 is 40.9 Å². The summed E-state index contributed by atoms with van der Waals surface area (Å²) in [7, 11) is 0. The predicted molar refractivity (Wildman–Crippen MR) is 107 cm³/mol. The van der Waals surface area contributed by atoms with Crippen molar-refractivity contribution in [1.82, 2.24) is 0 Å². The molecule has 0 bridgehead atoms. The Morgan fingerprint density at radius 3 is 2.79 bits per heavy atom. The number of carbonyl (C=O) groups excluding carboxylic acids is 3. The normalized spacial score (nSPS) is 20.2. The topological polar surface area (TPSA) is 75.7 Å². The second kappa shape index (κ2) is 7.67. The third-order valence-electron chi connectivity index (χ3n) is 4.89. The Kier molecular flexibility index (Phi) is 5.09. The highest BCUT2D eigenvalue weighted by molar-refractivity contribution is 8.01. The number of nitrogens with one attached hydrogen (secondary N) is 1. The zero-order chi connectivity index (χ0) is 19.7. The molecule has 2 amide bonds. The fourth-order valence-corrected chi connectivity index (χ4v) is 4.69. The molecule has 144 valence electrons. The maximum Gasteiger partial charge on any atom is 0.307 e. The smallest absolute Gasteiger partial charge is 0.307 e. The summed E-state index contributed by atoms with van der Waals surface area (Å²) in [5.41, 5.74) is 2.73. The molecule has 2 aromatic rings. The average Bonchev–Trinajstić information content (AvgIpc) is 3.02. The Morgan fingerprint density at radius 1 is 1.18 bits per heavy atom.